The normalized spacial score (nSPS) is 17.8. The standard InChI is InChI=1S/C33H39ClP.C20H28O2.C5H6O3/c1-27(22-23-32-28(2)15-14-25-33(32,3)4)24-26-35(34,29-16-8-5-9-17-29,30-18-10-6-11-19-30)31-20-12-7-13-21-31;1-15(8-6-9-16(2)14-19(21)22)11-12-18-17(3)10-7-13-20(18,4)5;1-4(3-6)2-5(7)8/h5-13,16-24,35H,14-15,25-26H2,1-4H3;6,8-9,11-12,14H,7,10,13H2,1-5H3,(H,21,22);2-3H,1H3,(H,7,8)/q-1;;/b23-22+,27-24-;9-6+,12-11+,15-8-,16-14+;4-2+. The summed E-state index contributed by atoms with van der Waals surface area (Å²) in [6.07, 6.45) is 27.9. The molecule has 0 saturated heterocycles. The van der Waals surface area contributed by atoms with E-state index in [1.165, 1.54) is 95.3 Å². The second kappa shape index (κ2) is 24.8. The van der Waals surface area contributed by atoms with E-state index in [-0.39, 0.29) is 16.4 Å². The van der Waals surface area contributed by atoms with Crippen LogP contribution in [0.1, 0.15) is 108 Å². The number of aldehydes is 1. The number of rotatable bonds is 14. The van der Waals surface area contributed by atoms with Gasteiger partial charge in [-0.2, -0.15) is 0 Å². The van der Waals surface area contributed by atoms with Gasteiger partial charge in [0.1, 0.15) is 6.29 Å². The van der Waals surface area contributed by atoms with Crippen molar-refractivity contribution in [2.24, 2.45) is 10.8 Å². The topological polar surface area (TPSA) is 91.7 Å². The van der Waals surface area contributed by atoms with Crippen molar-refractivity contribution in [2.45, 2.75) is 108 Å². The minimum absolute atomic E-state index is 0.220. The number of carbonyl (C=O) groups excluding carboxylic acids is 1. The van der Waals surface area contributed by atoms with Crippen LogP contribution >= 0.6 is 17.2 Å². The Morgan fingerprint density at radius 2 is 0.985 bits per heavy atom. The average Bonchev–Trinajstić information content (AvgIpc) is 3.25. The summed E-state index contributed by atoms with van der Waals surface area (Å²) in [5.41, 5.74) is 9.84. The zero-order valence-corrected chi connectivity index (χ0v) is 42.2. The maximum atomic E-state index is 10.5. The molecule has 3 aromatic rings. The van der Waals surface area contributed by atoms with Crippen molar-refractivity contribution in [3.8, 4) is 0 Å². The Balaban J connectivity index is 0.000000318. The fourth-order valence-corrected chi connectivity index (χ4v) is 15.4. The van der Waals surface area contributed by atoms with E-state index in [2.05, 4.69) is 177 Å². The Morgan fingerprint density at radius 3 is 1.34 bits per heavy atom. The van der Waals surface area contributed by atoms with E-state index in [0.717, 1.165) is 23.4 Å². The Hall–Kier alpha value is -5.35. The molecule has 65 heavy (non-hydrogen) atoms. The van der Waals surface area contributed by atoms with Gasteiger partial charge >= 0.3 is 230 Å². The zero-order chi connectivity index (χ0) is 48.3. The molecular weight excluding hydrogens is 843 g/mol. The first kappa shape index (κ1) is 54.0. The molecule has 5 nitrogen and oxygen atoms in total. The van der Waals surface area contributed by atoms with E-state index in [1.807, 2.05) is 12.2 Å². The number of carboxylic acid groups (broad SMARTS) is 2. The molecular formula is C58H73ClO5P-. The zero-order valence-electron chi connectivity index (χ0n) is 40.5. The summed E-state index contributed by atoms with van der Waals surface area (Å²) >= 11 is 8.21. The fourth-order valence-electron chi connectivity index (χ4n) is 8.96. The number of allylic oxidation sites excluding steroid dienone is 16. The Bertz CT molecular complexity index is 2290. The van der Waals surface area contributed by atoms with Gasteiger partial charge in [-0.1, -0.05) is 55.4 Å². The molecule has 0 radical (unpaired) electrons. The Kier molecular flexibility index (Phi) is 20.6. The molecule has 0 bridgehead atoms. The van der Waals surface area contributed by atoms with Crippen LogP contribution in [0.25, 0.3) is 0 Å². The summed E-state index contributed by atoms with van der Waals surface area (Å²) in [6.45, 7) is 21.4. The van der Waals surface area contributed by atoms with Gasteiger partial charge in [0.2, 0.25) is 0 Å². The number of hydrogen-bond donors (Lipinski definition) is 2. The van der Waals surface area contributed by atoms with Crippen LogP contribution in [0.15, 0.2) is 196 Å². The van der Waals surface area contributed by atoms with Crippen LogP contribution in [-0.4, -0.2) is 34.6 Å². The Labute approximate surface area is 395 Å². The van der Waals surface area contributed by atoms with Crippen LogP contribution in [0.3, 0.4) is 0 Å². The third-order valence-corrected chi connectivity index (χ3v) is 20.7. The predicted molar refractivity (Wildman–Crippen MR) is 282 cm³/mol. The Morgan fingerprint density at radius 1 is 0.600 bits per heavy atom. The number of halogens is 1. The van der Waals surface area contributed by atoms with Crippen molar-refractivity contribution in [1.82, 2.24) is 0 Å². The molecule has 5 rings (SSSR count). The van der Waals surface area contributed by atoms with Gasteiger partial charge in [-0.15, -0.1) is 0 Å². The van der Waals surface area contributed by atoms with Crippen LogP contribution in [0, 0.1) is 10.8 Å². The molecule has 0 amide bonds. The van der Waals surface area contributed by atoms with Gasteiger partial charge in [0.05, 0.1) is 0 Å². The van der Waals surface area contributed by atoms with E-state index in [9.17, 15) is 14.4 Å². The predicted octanol–water partition coefficient (Wildman–Crippen LogP) is 14.3. The van der Waals surface area contributed by atoms with E-state index in [4.69, 9.17) is 21.5 Å². The van der Waals surface area contributed by atoms with E-state index < -0.39 is 17.9 Å². The van der Waals surface area contributed by atoms with Crippen LogP contribution in [0.4, 0.5) is 0 Å². The molecule has 2 aliphatic rings. The fraction of sp³-hybridized carbons (Fsp3) is 0.328. The van der Waals surface area contributed by atoms with Crippen molar-refractivity contribution in [1.29, 1.82) is 0 Å². The van der Waals surface area contributed by atoms with Gasteiger partial charge in [0.15, 0.2) is 0 Å². The van der Waals surface area contributed by atoms with Crippen molar-refractivity contribution in [2.75, 3.05) is 6.16 Å². The molecule has 0 spiro atoms. The summed E-state index contributed by atoms with van der Waals surface area (Å²) in [7, 11) is 0. The van der Waals surface area contributed by atoms with Crippen LogP contribution in [-0.2, 0) is 14.4 Å². The number of aliphatic carboxylic acids is 2. The molecule has 348 valence electrons. The molecule has 7 heteroatoms. The van der Waals surface area contributed by atoms with Crippen molar-refractivity contribution < 1.29 is 24.6 Å². The SMILES string of the molecule is C/C(C=O)=C\C(=O)O.CC1=C(/C=C/C(C)=C\C=C\C(C)=C\C(=O)O)C(C)(C)CCC1.CC1=C(/C=C/C(C)=C\C[PH-](Cl)(c2ccccc2)(c2ccccc2)c2ccccc2)C(C)(C)CCC1. The van der Waals surface area contributed by atoms with Gasteiger partial charge in [0.25, 0.3) is 0 Å². The monoisotopic (exact) mass is 915 g/mol. The van der Waals surface area contributed by atoms with Crippen molar-refractivity contribution in [3.63, 3.8) is 0 Å². The summed E-state index contributed by atoms with van der Waals surface area (Å²) in [5, 5.41) is 20.3. The molecule has 2 N–H and O–H groups in total. The molecule has 0 unspecified atom stereocenters. The summed E-state index contributed by atoms with van der Waals surface area (Å²) in [5.74, 6) is -5.60. The third-order valence-electron chi connectivity index (χ3n) is 12.7. The van der Waals surface area contributed by atoms with Gasteiger partial charge < -0.3 is 10.2 Å². The van der Waals surface area contributed by atoms with Crippen molar-refractivity contribution in [3.05, 3.63) is 196 Å². The van der Waals surface area contributed by atoms with E-state index >= 15 is 0 Å². The molecule has 0 aromatic heterocycles. The van der Waals surface area contributed by atoms with Crippen molar-refractivity contribution >= 4 is 51.3 Å². The molecule has 3 aromatic carbocycles. The second-order valence-electron chi connectivity index (χ2n) is 18.9. The van der Waals surface area contributed by atoms with Crippen LogP contribution < -0.4 is 15.9 Å². The van der Waals surface area contributed by atoms with Gasteiger partial charge in [-0.05, 0) is 69.1 Å². The summed E-state index contributed by atoms with van der Waals surface area (Å²) in [4.78, 5) is 30.0. The van der Waals surface area contributed by atoms with Gasteiger partial charge in [0, 0.05) is 12.2 Å². The summed E-state index contributed by atoms with van der Waals surface area (Å²) in [6, 6.07) is 32.3. The first-order valence-corrected chi connectivity index (χ1v) is 26.5. The first-order valence-electron chi connectivity index (χ1n) is 22.7. The number of benzene rings is 3. The number of carboxylic acids is 2. The first-order chi connectivity index (χ1) is 30.6. The third kappa shape index (κ3) is 15.7. The van der Waals surface area contributed by atoms with E-state index in [1.54, 1.807) is 13.0 Å². The van der Waals surface area contributed by atoms with Crippen LogP contribution in [0.2, 0.25) is 0 Å². The van der Waals surface area contributed by atoms with E-state index in [0.29, 0.717) is 6.29 Å². The molecule has 0 aliphatic heterocycles. The minimum atomic E-state index is -3.60. The number of carbonyl (C=O) groups is 3. The molecule has 0 saturated carbocycles. The second-order valence-corrected chi connectivity index (χ2v) is 26.2. The van der Waals surface area contributed by atoms with Gasteiger partial charge in [-0.3, -0.25) is 4.79 Å². The molecule has 0 heterocycles. The summed E-state index contributed by atoms with van der Waals surface area (Å²) < 4.78 is 0. The average molecular weight is 917 g/mol. The van der Waals surface area contributed by atoms with Gasteiger partial charge in [-0.25, -0.2) is 9.59 Å². The molecule has 2 aliphatic carbocycles. The maximum absolute atomic E-state index is 10.5. The number of hydrogen-bond acceptors (Lipinski definition) is 3. The van der Waals surface area contributed by atoms with Crippen LogP contribution in [0.5, 0.6) is 0 Å². The quantitative estimate of drug-likeness (QED) is 0.0727. The molecule has 0 fully saturated rings. The molecule has 0 atom stereocenters.